The number of hydrogen-bond donors (Lipinski definition) is 2. The van der Waals surface area contributed by atoms with E-state index in [1.165, 1.54) is 4.90 Å². The van der Waals surface area contributed by atoms with Crippen LogP contribution in [0, 0.1) is 23.7 Å². The molecule has 8 heteroatoms. The molecule has 4 atom stereocenters. The van der Waals surface area contributed by atoms with Gasteiger partial charge in [-0.3, -0.25) is 14.5 Å². The fraction of sp³-hybridized carbons (Fsp3) is 0.522. The summed E-state index contributed by atoms with van der Waals surface area (Å²) in [6.45, 7) is 4.42. The van der Waals surface area contributed by atoms with Crippen LogP contribution in [0.3, 0.4) is 0 Å². The smallest absolute Gasteiger partial charge is 0.233 e. The third-order valence-electron chi connectivity index (χ3n) is 6.31. The Balaban J connectivity index is 0.00000272. The predicted molar refractivity (Wildman–Crippen MR) is 130 cm³/mol. The van der Waals surface area contributed by atoms with Gasteiger partial charge in [0.15, 0.2) is 5.96 Å². The molecule has 4 rings (SSSR count). The van der Waals surface area contributed by atoms with Crippen LogP contribution in [0.15, 0.2) is 41.4 Å². The number of nitrogens with one attached hydrogen (secondary N) is 2. The van der Waals surface area contributed by atoms with Gasteiger partial charge in [0.05, 0.1) is 25.5 Å². The normalized spacial score (nSPS) is 26.1. The van der Waals surface area contributed by atoms with Crippen LogP contribution in [0.25, 0.3) is 0 Å². The van der Waals surface area contributed by atoms with Crippen molar-refractivity contribution in [1.82, 2.24) is 15.5 Å². The van der Waals surface area contributed by atoms with Gasteiger partial charge in [0.25, 0.3) is 0 Å². The number of halogens is 1. The summed E-state index contributed by atoms with van der Waals surface area (Å²) in [5.74, 6) is 1.91. The number of benzene rings is 1. The van der Waals surface area contributed by atoms with E-state index >= 15 is 0 Å². The number of allylic oxidation sites excluding steroid dienone is 2. The molecule has 7 nitrogen and oxygen atoms in total. The van der Waals surface area contributed by atoms with Crippen molar-refractivity contribution in [2.24, 2.45) is 28.7 Å². The molecule has 2 fully saturated rings. The minimum absolute atomic E-state index is 0. The van der Waals surface area contributed by atoms with E-state index in [0.29, 0.717) is 26.1 Å². The molecule has 2 N–H and O–H groups in total. The molecule has 168 valence electrons. The van der Waals surface area contributed by atoms with E-state index in [1.54, 1.807) is 7.11 Å². The molecule has 0 radical (unpaired) electrons. The van der Waals surface area contributed by atoms with Gasteiger partial charge in [-0.05, 0) is 49.3 Å². The molecule has 0 spiro atoms. The zero-order valence-electron chi connectivity index (χ0n) is 18.0. The van der Waals surface area contributed by atoms with Crippen LogP contribution in [-0.2, 0) is 16.1 Å². The first kappa shape index (κ1) is 23.6. The second-order valence-electron chi connectivity index (χ2n) is 8.16. The Morgan fingerprint density at radius 2 is 1.87 bits per heavy atom. The van der Waals surface area contributed by atoms with Crippen molar-refractivity contribution < 1.29 is 14.3 Å². The SMILES string of the molecule is CCNC(=NCc1cccc(OC)c1)NCCCN1C(=O)C2C3C=CC(C3)C2C1=O.I. The number of imide groups is 1. The number of rotatable bonds is 8. The van der Waals surface area contributed by atoms with Crippen molar-refractivity contribution in [3.63, 3.8) is 0 Å². The predicted octanol–water partition coefficient (Wildman–Crippen LogP) is 2.57. The molecule has 1 aliphatic heterocycles. The number of nitrogens with zero attached hydrogens (tertiary/aromatic N) is 2. The van der Waals surface area contributed by atoms with Gasteiger partial charge in [-0.25, -0.2) is 4.99 Å². The van der Waals surface area contributed by atoms with E-state index in [-0.39, 0.29) is 59.5 Å². The van der Waals surface area contributed by atoms with Crippen LogP contribution < -0.4 is 15.4 Å². The fourth-order valence-electron chi connectivity index (χ4n) is 4.91. The molecule has 2 aliphatic carbocycles. The van der Waals surface area contributed by atoms with E-state index in [4.69, 9.17) is 4.74 Å². The third kappa shape index (κ3) is 4.88. The second kappa shape index (κ2) is 10.5. The number of guanidine groups is 1. The largest absolute Gasteiger partial charge is 0.497 e. The quantitative estimate of drug-likeness (QED) is 0.133. The average Bonchev–Trinajstić information content (AvgIpc) is 3.44. The van der Waals surface area contributed by atoms with E-state index in [1.807, 2.05) is 31.2 Å². The molecule has 2 amide bonds. The number of likely N-dealkylation sites (tertiary alicyclic amines) is 1. The van der Waals surface area contributed by atoms with Crippen LogP contribution in [-0.4, -0.2) is 49.4 Å². The Morgan fingerprint density at radius 1 is 1.16 bits per heavy atom. The molecular formula is C23H31IN4O3. The first-order valence-electron chi connectivity index (χ1n) is 10.8. The first-order valence-corrected chi connectivity index (χ1v) is 10.8. The highest BCUT2D eigenvalue weighted by molar-refractivity contribution is 14.0. The lowest BCUT2D eigenvalue weighted by molar-refractivity contribution is -0.140. The number of aliphatic imine (C=N–C) groups is 1. The van der Waals surface area contributed by atoms with Crippen LogP contribution in [0.2, 0.25) is 0 Å². The topological polar surface area (TPSA) is 83.0 Å². The van der Waals surface area contributed by atoms with Gasteiger partial charge < -0.3 is 15.4 Å². The average molecular weight is 538 g/mol. The van der Waals surface area contributed by atoms with Gasteiger partial charge in [0.1, 0.15) is 5.75 Å². The Kier molecular flexibility index (Phi) is 7.96. The second-order valence-corrected chi connectivity index (χ2v) is 8.16. The van der Waals surface area contributed by atoms with Crippen LogP contribution in [0.5, 0.6) is 5.75 Å². The maximum atomic E-state index is 12.7. The van der Waals surface area contributed by atoms with Crippen molar-refractivity contribution in [3.8, 4) is 5.75 Å². The number of methoxy groups -OCH3 is 1. The number of hydrogen-bond acceptors (Lipinski definition) is 4. The first-order chi connectivity index (χ1) is 14.6. The Bertz CT molecular complexity index is 842. The number of amides is 2. The van der Waals surface area contributed by atoms with Gasteiger partial charge >= 0.3 is 0 Å². The number of carbonyl (C=O) groups is 2. The molecule has 4 unspecified atom stereocenters. The van der Waals surface area contributed by atoms with Crippen LogP contribution >= 0.6 is 24.0 Å². The van der Waals surface area contributed by atoms with Gasteiger partial charge in [-0.1, -0.05) is 24.3 Å². The van der Waals surface area contributed by atoms with E-state index in [9.17, 15) is 9.59 Å². The summed E-state index contributed by atoms with van der Waals surface area (Å²) in [5, 5.41) is 6.53. The number of carbonyl (C=O) groups excluding carboxylic acids is 2. The van der Waals surface area contributed by atoms with Crippen LogP contribution in [0.1, 0.15) is 25.3 Å². The monoisotopic (exact) mass is 538 g/mol. The van der Waals surface area contributed by atoms with E-state index < -0.39 is 0 Å². The minimum atomic E-state index is -0.109. The molecule has 1 aromatic carbocycles. The zero-order valence-corrected chi connectivity index (χ0v) is 20.4. The van der Waals surface area contributed by atoms with Crippen molar-refractivity contribution in [2.75, 3.05) is 26.7 Å². The molecule has 1 saturated heterocycles. The van der Waals surface area contributed by atoms with Gasteiger partial charge in [-0.2, -0.15) is 0 Å². The highest BCUT2D eigenvalue weighted by atomic mass is 127. The molecule has 0 aromatic heterocycles. The highest BCUT2D eigenvalue weighted by Gasteiger charge is 2.58. The Morgan fingerprint density at radius 3 is 2.52 bits per heavy atom. The maximum absolute atomic E-state index is 12.7. The lowest BCUT2D eigenvalue weighted by Gasteiger charge is -2.18. The highest BCUT2D eigenvalue weighted by Crippen LogP contribution is 2.52. The summed E-state index contributed by atoms with van der Waals surface area (Å²) in [6, 6.07) is 7.84. The molecular weight excluding hydrogens is 507 g/mol. The third-order valence-corrected chi connectivity index (χ3v) is 6.31. The molecule has 1 saturated carbocycles. The van der Waals surface area contributed by atoms with Gasteiger partial charge in [0.2, 0.25) is 11.8 Å². The number of fused-ring (bicyclic) bond motifs is 5. The molecule has 2 bridgehead atoms. The minimum Gasteiger partial charge on any atom is -0.497 e. The molecule has 3 aliphatic rings. The molecule has 1 aromatic rings. The lowest BCUT2D eigenvalue weighted by atomic mass is 9.85. The maximum Gasteiger partial charge on any atom is 0.233 e. The van der Waals surface area contributed by atoms with Crippen LogP contribution in [0.4, 0.5) is 0 Å². The summed E-state index contributed by atoms with van der Waals surface area (Å²) in [5.41, 5.74) is 1.06. The van der Waals surface area contributed by atoms with E-state index in [0.717, 1.165) is 30.2 Å². The molecule has 31 heavy (non-hydrogen) atoms. The van der Waals surface area contributed by atoms with Crippen molar-refractivity contribution in [2.45, 2.75) is 26.3 Å². The summed E-state index contributed by atoms with van der Waals surface area (Å²) in [6.07, 6.45) is 5.92. The van der Waals surface area contributed by atoms with E-state index in [2.05, 4.69) is 27.8 Å². The van der Waals surface area contributed by atoms with Gasteiger partial charge in [0, 0.05) is 19.6 Å². The number of ether oxygens (including phenoxy) is 1. The standard InChI is InChI=1S/C23H30N4O3.HI/c1-3-24-23(26-14-15-6-4-7-18(12-15)30-2)25-10-5-11-27-21(28)19-16-8-9-17(13-16)20(19)22(27)29;/h4,6-9,12,16-17,19-20H,3,5,10-11,13-14H2,1-2H3,(H2,24,25,26);1H. The summed E-state index contributed by atoms with van der Waals surface area (Å²) in [4.78, 5) is 31.6. The Labute approximate surface area is 200 Å². The zero-order chi connectivity index (χ0) is 21.1. The van der Waals surface area contributed by atoms with Gasteiger partial charge in [-0.15, -0.1) is 24.0 Å². The summed E-state index contributed by atoms with van der Waals surface area (Å²) < 4.78 is 5.26. The molecule has 1 heterocycles. The fourth-order valence-corrected chi connectivity index (χ4v) is 4.91. The van der Waals surface area contributed by atoms with Crippen molar-refractivity contribution in [3.05, 3.63) is 42.0 Å². The van der Waals surface area contributed by atoms with Crippen molar-refractivity contribution in [1.29, 1.82) is 0 Å². The Hall–Kier alpha value is -2.10. The van der Waals surface area contributed by atoms with Crippen molar-refractivity contribution >= 4 is 41.8 Å². The summed E-state index contributed by atoms with van der Waals surface area (Å²) in [7, 11) is 1.65. The summed E-state index contributed by atoms with van der Waals surface area (Å²) >= 11 is 0. The lowest BCUT2D eigenvalue weighted by Crippen LogP contribution is -2.40.